The number of thioether (sulfide) groups is 1. The van der Waals surface area contributed by atoms with Crippen LogP contribution in [-0.2, 0) is 22.9 Å². The number of aromatic nitrogens is 2. The van der Waals surface area contributed by atoms with Gasteiger partial charge in [0.1, 0.15) is 10.7 Å². The number of nitrogens with one attached hydrogen (secondary N) is 2. The second-order valence-corrected chi connectivity index (χ2v) is 9.60. The minimum Gasteiger partial charge on any atom is -0.364 e. The highest BCUT2D eigenvalue weighted by atomic mass is 32.2. The number of carbonyl (C=O) groups excluding carboxylic acids is 1. The van der Waals surface area contributed by atoms with E-state index in [0.29, 0.717) is 23.4 Å². The number of nitrogens with two attached hydrogens (primary N) is 1. The molecule has 1 aliphatic rings. The van der Waals surface area contributed by atoms with Crippen LogP contribution in [-0.4, -0.2) is 27.6 Å². The van der Waals surface area contributed by atoms with E-state index in [1.165, 1.54) is 23.1 Å². The van der Waals surface area contributed by atoms with Gasteiger partial charge in [-0.3, -0.25) is 9.89 Å². The van der Waals surface area contributed by atoms with Crippen LogP contribution in [0, 0.1) is 0 Å². The van der Waals surface area contributed by atoms with Crippen LogP contribution >= 0.6 is 23.1 Å². The molecule has 0 spiro atoms. The zero-order chi connectivity index (χ0) is 20.9. The summed E-state index contributed by atoms with van der Waals surface area (Å²) in [5.74, 6) is -0.420. The number of H-pyrrole nitrogens is 1. The molecule has 2 aromatic rings. The molecule has 0 aromatic carbocycles. The van der Waals surface area contributed by atoms with E-state index in [4.69, 9.17) is 10.5 Å². The molecule has 1 aliphatic heterocycles. The van der Waals surface area contributed by atoms with Crippen molar-refractivity contribution < 1.29 is 22.7 Å². The molecule has 3 heterocycles. The molecule has 1 amide bonds. The van der Waals surface area contributed by atoms with E-state index < -0.39 is 29.0 Å². The summed E-state index contributed by atoms with van der Waals surface area (Å²) < 4.78 is 44.4. The number of halogens is 3. The maximum Gasteiger partial charge on any atom is 0.432 e. The average Bonchev–Trinajstić information content (AvgIpc) is 3.13. The number of anilines is 1. The molecule has 0 saturated heterocycles. The van der Waals surface area contributed by atoms with Crippen LogP contribution in [0.15, 0.2) is 11.0 Å². The number of aromatic amines is 1. The van der Waals surface area contributed by atoms with Gasteiger partial charge in [-0.1, -0.05) is 0 Å². The van der Waals surface area contributed by atoms with E-state index in [1.807, 2.05) is 32.8 Å². The van der Waals surface area contributed by atoms with Crippen LogP contribution < -0.4 is 11.1 Å². The Morgan fingerprint density at radius 2 is 2.11 bits per heavy atom. The topological polar surface area (TPSA) is 93.0 Å². The fourth-order valence-corrected chi connectivity index (χ4v) is 5.58. The molecule has 2 aromatic heterocycles. The van der Waals surface area contributed by atoms with Gasteiger partial charge in [0.25, 0.3) is 5.91 Å². The molecule has 0 saturated carbocycles. The molecule has 154 valence electrons. The first-order valence-electron chi connectivity index (χ1n) is 8.47. The lowest BCUT2D eigenvalue weighted by atomic mass is 9.89. The smallest absolute Gasteiger partial charge is 0.364 e. The van der Waals surface area contributed by atoms with Gasteiger partial charge in [0.2, 0.25) is 0 Å². The van der Waals surface area contributed by atoms with Crippen molar-refractivity contribution >= 4 is 34.0 Å². The van der Waals surface area contributed by atoms with Gasteiger partial charge < -0.3 is 15.8 Å². The number of thiophene rings is 1. The van der Waals surface area contributed by atoms with Gasteiger partial charge in [0.15, 0.2) is 5.69 Å². The Hall–Kier alpha value is -1.56. The van der Waals surface area contributed by atoms with Crippen LogP contribution in [0.2, 0.25) is 0 Å². The van der Waals surface area contributed by atoms with E-state index in [0.717, 1.165) is 15.3 Å². The fourth-order valence-electron chi connectivity index (χ4n) is 3.36. The molecule has 6 nitrogen and oxygen atoms in total. The normalized spacial score (nSPS) is 18.0. The summed E-state index contributed by atoms with van der Waals surface area (Å²) in [4.78, 5) is 14.3. The summed E-state index contributed by atoms with van der Waals surface area (Å²) in [7, 11) is 0. The molecule has 3 rings (SSSR count). The molecule has 11 heteroatoms. The first-order chi connectivity index (χ1) is 12.8. The fraction of sp³-hybridized carbons (Fsp3) is 0.529. The number of ether oxygens (including phenoxy) is 1. The van der Waals surface area contributed by atoms with Crippen molar-refractivity contribution in [3.8, 4) is 0 Å². The first kappa shape index (κ1) is 21.2. The summed E-state index contributed by atoms with van der Waals surface area (Å²) in [5.41, 5.74) is 4.41. The van der Waals surface area contributed by atoms with Gasteiger partial charge in [0, 0.05) is 28.1 Å². The van der Waals surface area contributed by atoms with Crippen LogP contribution in [0.5, 0.6) is 0 Å². The zero-order valence-corrected chi connectivity index (χ0v) is 17.4. The van der Waals surface area contributed by atoms with E-state index in [9.17, 15) is 18.0 Å². The Morgan fingerprint density at radius 3 is 2.68 bits per heavy atom. The number of rotatable bonds is 4. The monoisotopic (exact) mass is 434 g/mol. The average molecular weight is 435 g/mol. The molecule has 0 bridgehead atoms. The van der Waals surface area contributed by atoms with E-state index in [1.54, 1.807) is 0 Å². The second-order valence-electron chi connectivity index (χ2n) is 7.55. The maximum absolute atomic E-state index is 12.7. The number of hydrogen-bond acceptors (Lipinski definition) is 6. The SMILES string of the molecule is CC1(C)Cc2c(sc(NC(=O)c3cc(C(F)(F)F)[nH]n3)c2SCN)C(C)(C)O1. The molecule has 0 unspecified atom stereocenters. The number of hydrogen-bond donors (Lipinski definition) is 3. The van der Waals surface area contributed by atoms with Crippen molar-refractivity contribution in [2.24, 2.45) is 5.73 Å². The Labute approximate surface area is 168 Å². The number of fused-ring (bicyclic) bond motifs is 1. The largest absolute Gasteiger partial charge is 0.432 e. The van der Waals surface area contributed by atoms with Crippen molar-refractivity contribution in [2.75, 3.05) is 11.2 Å². The quantitative estimate of drug-likeness (QED) is 0.492. The van der Waals surface area contributed by atoms with Crippen LogP contribution in [0.1, 0.15) is 54.3 Å². The summed E-state index contributed by atoms with van der Waals surface area (Å²) in [6.45, 7) is 7.89. The maximum atomic E-state index is 12.7. The highest BCUT2D eigenvalue weighted by molar-refractivity contribution is 7.99. The lowest BCUT2D eigenvalue weighted by Crippen LogP contribution is -2.41. The third kappa shape index (κ3) is 4.07. The van der Waals surface area contributed by atoms with E-state index >= 15 is 0 Å². The summed E-state index contributed by atoms with van der Waals surface area (Å²) in [6, 6.07) is 0.689. The third-order valence-electron chi connectivity index (χ3n) is 4.21. The molecular formula is C17H21F3N4O2S2. The van der Waals surface area contributed by atoms with Gasteiger partial charge in [-0.05, 0) is 33.3 Å². The molecular weight excluding hydrogens is 413 g/mol. The first-order valence-corrected chi connectivity index (χ1v) is 10.3. The Kier molecular flexibility index (Phi) is 5.32. The number of alkyl halides is 3. The van der Waals surface area contributed by atoms with Crippen molar-refractivity contribution in [1.82, 2.24) is 10.2 Å². The van der Waals surface area contributed by atoms with Crippen molar-refractivity contribution in [3.05, 3.63) is 27.9 Å². The van der Waals surface area contributed by atoms with Crippen molar-refractivity contribution in [1.29, 1.82) is 0 Å². The molecule has 0 fully saturated rings. The lowest BCUT2D eigenvalue weighted by Gasteiger charge is -2.41. The van der Waals surface area contributed by atoms with Crippen molar-refractivity contribution in [3.63, 3.8) is 0 Å². The predicted molar refractivity (Wildman–Crippen MR) is 103 cm³/mol. The highest BCUT2D eigenvalue weighted by Crippen LogP contribution is 2.51. The molecule has 4 N–H and O–H groups in total. The van der Waals surface area contributed by atoms with Gasteiger partial charge in [-0.15, -0.1) is 23.1 Å². The van der Waals surface area contributed by atoms with Gasteiger partial charge >= 0.3 is 6.18 Å². The van der Waals surface area contributed by atoms with Crippen molar-refractivity contribution in [2.45, 2.75) is 56.4 Å². The number of carbonyl (C=O) groups is 1. The highest BCUT2D eigenvalue weighted by Gasteiger charge is 2.42. The number of nitrogens with zero attached hydrogens (tertiary/aromatic N) is 1. The summed E-state index contributed by atoms with van der Waals surface area (Å²) in [6.07, 6.45) is -3.96. The Bertz CT molecular complexity index is 903. The minimum absolute atomic E-state index is 0.300. The predicted octanol–water partition coefficient (Wildman–Crippen LogP) is 4.34. The third-order valence-corrected chi connectivity index (χ3v) is 6.70. The lowest BCUT2D eigenvalue weighted by molar-refractivity contribution is -0.141. The van der Waals surface area contributed by atoms with Crippen LogP contribution in [0.4, 0.5) is 18.2 Å². The molecule has 0 aliphatic carbocycles. The van der Waals surface area contributed by atoms with Crippen LogP contribution in [0.25, 0.3) is 0 Å². The number of amides is 1. The summed E-state index contributed by atoms with van der Waals surface area (Å²) in [5, 5.41) is 8.56. The molecule has 28 heavy (non-hydrogen) atoms. The van der Waals surface area contributed by atoms with Gasteiger partial charge in [-0.25, -0.2) is 0 Å². The van der Waals surface area contributed by atoms with E-state index in [-0.39, 0.29) is 5.69 Å². The van der Waals surface area contributed by atoms with E-state index in [2.05, 4.69) is 10.4 Å². The van der Waals surface area contributed by atoms with Gasteiger partial charge in [-0.2, -0.15) is 18.3 Å². The Balaban J connectivity index is 1.96. The zero-order valence-electron chi connectivity index (χ0n) is 15.8. The van der Waals surface area contributed by atoms with Crippen LogP contribution in [0.3, 0.4) is 0 Å². The standard InChI is InChI=1S/C17H21F3N4O2S2/c1-15(2)6-8-11(27-7-21)14(28-12(8)16(3,4)26-15)22-13(25)9-5-10(24-23-9)17(18,19)20/h5H,6-7,21H2,1-4H3,(H,22,25)(H,23,24). The summed E-state index contributed by atoms with van der Waals surface area (Å²) >= 11 is 2.73. The molecule has 0 radical (unpaired) electrons. The Morgan fingerprint density at radius 1 is 1.43 bits per heavy atom. The molecule has 0 atom stereocenters. The second kappa shape index (κ2) is 7.05. The minimum atomic E-state index is -4.60. The van der Waals surface area contributed by atoms with Gasteiger partial charge in [0.05, 0.1) is 11.2 Å².